The molecule has 0 spiro atoms. The number of rotatable bonds is 25. The average molecular weight is 556 g/mol. The first-order chi connectivity index (χ1) is 18.6. The molecule has 0 aliphatic heterocycles. The maximum absolute atomic E-state index is 12.2. The molecule has 0 radical (unpaired) electrons. The highest BCUT2D eigenvalue weighted by atomic mass is 16.4. The molecule has 0 aliphatic carbocycles. The minimum atomic E-state index is -1.40. The highest BCUT2D eigenvalue weighted by Crippen LogP contribution is 2.13. The molecule has 0 saturated heterocycles. The number of carboxylic acid groups (broad SMARTS) is 2. The molecule has 12 heteroatoms. The summed E-state index contributed by atoms with van der Waals surface area (Å²) in [5, 5.41) is 24.9. The molecule has 0 fully saturated rings. The first-order valence-electron chi connectivity index (χ1n) is 14.0. The van der Waals surface area contributed by atoms with Gasteiger partial charge in [0.15, 0.2) is 0 Å². The van der Waals surface area contributed by atoms with E-state index in [-0.39, 0.29) is 31.5 Å². The van der Waals surface area contributed by atoms with Gasteiger partial charge >= 0.3 is 17.8 Å². The second-order valence-corrected chi connectivity index (χ2v) is 9.92. The molecule has 222 valence electrons. The van der Waals surface area contributed by atoms with Crippen molar-refractivity contribution in [2.75, 3.05) is 0 Å². The van der Waals surface area contributed by atoms with Gasteiger partial charge in [-0.05, 0) is 32.6 Å². The van der Waals surface area contributed by atoms with E-state index in [0.29, 0.717) is 12.8 Å². The van der Waals surface area contributed by atoms with Crippen LogP contribution in [0.25, 0.3) is 0 Å². The molecule has 0 aromatic carbocycles. The van der Waals surface area contributed by atoms with Crippen LogP contribution in [0.4, 0.5) is 0 Å². The lowest BCUT2D eigenvalue weighted by molar-refractivity contribution is -0.142. The number of hydrogen-bond acceptors (Lipinski definition) is 7. The Bertz CT molecular complexity index is 801. The fraction of sp³-hybridized carbons (Fsp3) is 0.778. The third-order valence-electron chi connectivity index (χ3n) is 6.35. The van der Waals surface area contributed by atoms with Crippen molar-refractivity contribution in [3.8, 4) is 0 Å². The topological polar surface area (TPSA) is 196 Å². The van der Waals surface area contributed by atoms with E-state index in [9.17, 15) is 38.8 Å². The van der Waals surface area contributed by atoms with Crippen molar-refractivity contribution < 1.29 is 39.0 Å². The van der Waals surface area contributed by atoms with E-state index in [1.165, 1.54) is 32.1 Å². The zero-order chi connectivity index (χ0) is 29.5. The molecule has 0 aromatic heterocycles. The first kappa shape index (κ1) is 35.8. The lowest BCUT2D eigenvalue weighted by Gasteiger charge is -2.16. The predicted octanol–water partition coefficient (Wildman–Crippen LogP) is 4.03. The maximum Gasteiger partial charge on any atom is 0.326 e. The van der Waals surface area contributed by atoms with Crippen molar-refractivity contribution in [1.82, 2.24) is 10.6 Å². The zero-order valence-corrected chi connectivity index (χ0v) is 23.1. The number of ketones is 1. The fourth-order valence-corrected chi connectivity index (χ4v) is 4.08. The van der Waals surface area contributed by atoms with Crippen molar-refractivity contribution >= 4 is 35.4 Å². The monoisotopic (exact) mass is 555 g/mol. The first-order valence-corrected chi connectivity index (χ1v) is 14.0. The van der Waals surface area contributed by atoms with E-state index in [1.807, 2.05) is 0 Å². The summed E-state index contributed by atoms with van der Waals surface area (Å²) in [6, 6.07) is -2.70. The van der Waals surface area contributed by atoms with E-state index < -0.39 is 48.2 Å². The Kier molecular flexibility index (Phi) is 20.9. The Balaban J connectivity index is 4.03. The Morgan fingerprint density at radius 1 is 0.590 bits per heavy atom. The van der Waals surface area contributed by atoms with Crippen molar-refractivity contribution in [2.45, 2.75) is 135 Å². The summed E-state index contributed by atoms with van der Waals surface area (Å²) in [5.41, 5.74) is 0. The Hall–Kier alpha value is -3.18. The van der Waals surface area contributed by atoms with Crippen molar-refractivity contribution in [2.24, 2.45) is 5.18 Å². The molecule has 12 nitrogen and oxygen atoms in total. The van der Waals surface area contributed by atoms with Crippen LogP contribution in [0.2, 0.25) is 0 Å². The number of hydrogen-bond donors (Lipinski definition) is 4. The number of amides is 3. The van der Waals surface area contributed by atoms with Gasteiger partial charge in [-0.25, -0.2) is 4.79 Å². The Morgan fingerprint density at radius 2 is 1.00 bits per heavy atom. The molecule has 3 amide bonds. The quantitative estimate of drug-likeness (QED) is 0.0949. The van der Waals surface area contributed by atoms with Crippen molar-refractivity contribution in [1.29, 1.82) is 0 Å². The molecular weight excluding hydrogens is 510 g/mol. The highest BCUT2D eigenvalue weighted by molar-refractivity contribution is 5.89. The third kappa shape index (κ3) is 21.4. The second kappa shape index (κ2) is 22.8. The number of nitrogens with one attached hydrogen (secondary N) is 2. The Labute approximate surface area is 230 Å². The molecule has 0 saturated carbocycles. The molecule has 0 aliphatic rings. The number of nitrogens with zero attached hydrogens (tertiary/aromatic N) is 1. The molecule has 0 bridgehead atoms. The van der Waals surface area contributed by atoms with Gasteiger partial charge in [-0.3, -0.25) is 19.2 Å². The Morgan fingerprint density at radius 3 is 1.44 bits per heavy atom. The van der Waals surface area contributed by atoms with E-state index in [0.717, 1.165) is 38.5 Å². The fourth-order valence-electron chi connectivity index (χ4n) is 4.08. The molecule has 39 heavy (non-hydrogen) atoms. The van der Waals surface area contributed by atoms with Crippen LogP contribution >= 0.6 is 0 Å². The highest BCUT2D eigenvalue weighted by Gasteiger charge is 2.25. The summed E-state index contributed by atoms with van der Waals surface area (Å²) in [6.45, 7) is 1.63. The molecule has 0 rings (SSSR count). The number of carboxylic acids is 2. The van der Waals surface area contributed by atoms with Gasteiger partial charge < -0.3 is 25.6 Å². The average Bonchev–Trinajstić information content (AvgIpc) is 2.88. The second-order valence-electron chi connectivity index (χ2n) is 9.92. The van der Waals surface area contributed by atoms with Crippen molar-refractivity contribution in [3.05, 3.63) is 4.91 Å². The van der Waals surface area contributed by atoms with Gasteiger partial charge in [0.2, 0.25) is 11.8 Å². The number of nitroso groups, excluding NO2 is 1. The summed E-state index contributed by atoms with van der Waals surface area (Å²) in [5.74, 6) is -4.67. The van der Waals surface area contributed by atoms with Crippen LogP contribution in [0.5, 0.6) is 0 Å². The van der Waals surface area contributed by atoms with Crippen LogP contribution < -0.4 is 10.6 Å². The number of unbranched alkanes of at least 4 members (excludes halogenated alkanes) is 11. The third-order valence-corrected chi connectivity index (χ3v) is 6.35. The minimum absolute atomic E-state index is 0.177. The van der Waals surface area contributed by atoms with Crippen LogP contribution in [0.15, 0.2) is 5.18 Å². The summed E-state index contributed by atoms with van der Waals surface area (Å²) >= 11 is 0. The van der Waals surface area contributed by atoms with Gasteiger partial charge in [-0.1, -0.05) is 64.2 Å². The van der Waals surface area contributed by atoms with E-state index in [2.05, 4.69) is 15.8 Å². The van der Waals surface area contributed by atoms with Gasteiger partial charge in [-0.2, -0.15) is 0 Å². The molecule has 2 unspecified atom stereocenters. The number of aliphatic carboxylic acids is 2. The summed E-state index contributed by atoms with van der Waals surface area (Å²) in [4.78, 5) is 79.2. The molecular formula is C27H45N3O9. The van der Waals surface area contributed by atoms with Crippen LogP contribution in [-0.4, -0.2) is 57.7 Å². The van der Waals surface area contributed by atoms with Gasteiger partial charge in [0.25, 0.3) is 0 Å². The van der Waals surface area contributed by atoms with E-state index in [4.69, 9.17) is 5.11 Å². The maximum atomic E-state index is 12.2. The molecule has 0 aromatic rings. The summed E-state index contributed by atoms with van der Waals surface area (Å²) in [6.07, 6.45) is 12.3. The van der Waals surface area contributed by atoms with Gasteiger partial charge in [0.05, 0.1) is 0 Å². The number of carbonyl (C=O) groups excluding carboxylic acids is 4. The lowest BCUT2D eigenvalue weighted by Crippen LogP contribution is -2.43. The molecule has 4 N–H and O–H groups in total. The van der Waals surface area contributed by atoms with E-state index >= 15 is 0 Å². The molecule has 2 atom stereocenters. The standard InChI is InChI=1S/C27H45N3O9/c1-20(31)14-12-10-8-6-4-2-3-5-7-9-11-13-15-23(32)29-22(27(37)38)16-18-24(33)28-21(26(36)30-39)17-19-25(34)35/h21-22H,2-19H2,1H3,(H,28,33)(H,29,32)(H,34,35)(H,37,38). The predicted molar refractivity (Wildman–Crippen MR) is 144 cm³/mol. The van der Waals surface area contributed by atoms with Crippen LogP contribution in [0, 0.1) is 4.91 Å². The van der Waals surface area contributed by atoms with Gasteiger partial charge in [0.1, 0.15) is 17.9 Å². The largest absolute Gasteiger partial charge is 0.481 e. The zero-order valence-electron chi connectivity index (χ0n) is 23.1. The normalized spacial score (nSPS) is 12.2. The number of carbonyl (C=O) groups is 6. The van der Waals surface area contributed by atoms with Gasteiger partial charge in [-0.15, -0.1) is 4.91 Å². The van der Waals surface area contributed by atoms with Gasteiger partial charge in [0, 0.05) is 30.9 Å². The summed E-state index contributed by atoms with van der Waals surface area (Å²) in [7, 11) is 0. The van der Waals surface area contributed by atoms with Crippen LogP contribution in [-0.2, 0) is 28.8 Å². The summed E-state index contributed by atoms with van der Waals surface area (Å²) < 4.78 is 0. The van der Waals surface area contributed by atoms with Crippen LogP contribution in [0.1, 0.15) is 122 Å². The SMILES string of the molecule is CC(=O)CCCCCCCCCCCCCCC(=O)NC(CCC(=O)NC(CCC(=O)O)C(=O)N=O)C(=O)O. The smallest absolute Gasteiger partial charge is 0.326 e. The van der Waals surface area contributed by atoms with Crippen LogP contribution in [0.3, 0.4) is 0 Å². The van der Waals surface area contributed by atoms with E-state index in [1.54, 1.807) is 6.92 Å². The number of Topliss-reactive ketones (excluding diaryl/α,β-unsaturated/α-hetero) is 1. The lowest BCUT2D eigenvalue weighted by atomic mass is 10.0. The minimum Gasteiger partial charge on any atom is -0.481 e. The van der Waals surface area contributed by atoms with Crippen molar-refractivity contribution in [3.63, 3.8) is 0 Å². The molecule has 0 heterocycles.